The Morgan fingerprint density at radius 1 is 1.09 bits per heavy atom. The molecule has 0 radical (unpaired) electrons. The van der Waals surface area contributed by atoms with Crippen molar-refractivity contribution in [3.05, 3.63) is 101 Å². The van der Waals surface area contributed by atoms with Crippen molar-refractivity contribution in [2.75, 3.05) is 7.05 Å². The Hall–Kier alpha value is -3.87. The van der Waals surface area contributed by atoms with E-state index in [2.05, 4.69) is 22.4 Å². The smallest absolute Gasteiger partial charge is 0.254 e. The quantitative estimate of drug-likeness (QED) is 0.415. The monoisotopic (exact) mass is 430 g/mol. The lowest BCUT2D eigenvalue weighted by Gasteiger charge is -2.17. The van der Waals surface area contributed by atoms with Gasteiger partial charge in [-0.3, -0.25) is 9.48 Å². The Kier molecular flexibility index (Phi) is 6.35. The fourth-order valence-electron chi connectivity index (χ4n) is 3.49. The van der Waals surface area contributed by atoms with E-state index in [1.54, 1.807) is 30.3 Å². The maximum absolute atomic E-state index is 13.0. The molecule has 0 atom stereocenters. The van der Waals surface area contributed by atoms with Crippen molar-refractivity contribution in [1.29, 1.82) is 0 Å². The molecule has 4 aromatic rings. The van der Waals surface area contributed by atoms with Gasteiger partial charge in [-0.15, -0.1) is 0 Å². The van der Waals surface area contributed by atoms with Gasteiger partial charge in [-0.1, -0.05) is 41.6 Å². The first kappa shape index (κ1) is 21.4. The summed E-state index contributed by atoms with van der Waals surface area (Å²) in [5.41, 5.74) is 4.46. The van der Waals surface area contributed by atoms with Gasteiger partial charge in [0, 0.05) is 30.9 Å². The summed E-state index contributed by atoms with van der Waals surface area (Å²) in [5, 5.41) is 8.36. The molecule has 0 saturated carbocycles. The van der Waals surface area contributed by atoms with E-state index in [-0.39, 0.29) is 5.91 Å². The third-order valence-electron chi connectivity index (χ3n) is 5.29. The normalized spacial score (nSPS) is 10.8. The molecule has 0 saturated heterocycles. The van der Waals surface area contributed by atoms with Crippen LogP contribution >= 0.6 is 0 Å². The first-order chi connectivity index (χ1) is 15.5. The number of ether oxygens (including phenoxy) is 1. The highest BCUT2D eigenvalue weighted by molar-refractivity contribution is 5.94. The zero-order valence-electron chi connectivity index (χ0n) is 18.5. The van der Waals surface area contributed by atoms with Gasteiger partial charge < -0.3 is 14.2 Å². The molecule has 2 aromatic carbocycles. The molecule has 7 heteroatoms. The van der Waals surface area contributed by atoms with Crippen LogP contribution in [-0.4, -0.2) is 32.8 Å². The van der Waals surface area contributed by atoms with Gasteiger partial charge in [0.25, 0.3) is 5.91 Å². The summed E-state index contributed by atoms with van der Waals surface area (Å²) in [6.07, 6.45) is 3.77. The molecule has 0 fully saturated rings. The van der Waals surface area contributed by atoms with Gasteiger partial charge in [-0.2, -0.15) is 5.10 Å². The minimum Gasteiger partial charge on any atom is -0.489 e. The topological polar surface area (TPSA) is 73.4 Å². The van der Waals surface area contributed by atoms with E-state index < -0.39 is 0 Å². The van der Waals surface area contributed by atoms with Gasteiger partial charge in [0.05, 0.1) is 24.0 Å². The summed E-state index contributed by atoms with van der Waals surface area (Å²) in [5.74, 6) is 1.28. The summed E-state index contributed by atoms with van der Waals surface area (Å²) in [6.45, 7) is 5.25. The SMILES string of the molecule is Cc1noc(C)c1COc1cccc(C(=O)N(C)Cc2cnn(Cc3ccccc3)c2)c1. The highest BCUT2D eigenvalue weighted by atomic mass is 16.5. The van der Waals surface area contributed by atoms with E-state index in [9.17, 15) is 4.79 Å². The first-order valence-electron chi connectivity index (χ1n) is 10.4. The van der Waals surface area contributed by atoms with Gasteiger partial charge >= 0.3 is 0 Å². The van der Waals surface area contributed by atoms with Crippen molar-refractivity contribution < 1.29 is 14.1 Å². The maximum atomic E-state index is 13.0. The molecule has 7 nitrogen and oxygen atoms in total. The highest BCUT2D eigenvalue weighted by Crippen LogP contribution is 2.19. The van der Waals surface area contributed by atoms with Crippen LogP contribution in [0.25, 0.3) is 0 Å². The molecule has 2 aromatic heterocycles. The molecule has 0 aliphatic heterocycles. The predicted octanol–water partition coefficient (Wildman–Crippen LogP) is 4.39. The van der Waals surface area contributed by atoms with Gasteiger partial charge in [0.1, 0.15) is 18.1 Å². The third kappa shape index (κ3) is 5.06. The Bertz CT molecular complexity index is 1180. The number of rotatable bonds is 8. The number of carbonyl (C=O) groups is 1. The summed E-state index contributed by atoms with van der Waals surface area (Å²) in [4.78, 5) is 14.6. The van der Waals surface area contributed by atoms with Crippen molar-refractivity contribution in [2.45, 2.75) is 33.5 Å². The number of hydrogen-bond donors (Lipinski definition) is 0. The van der Waals surface area contributed by atoms with E-state index in [0.29, 0.717) is 31.0 Å². The summed E-state index contributed by atoms with van der Waals surface area (Å²) >= 11 is 0. The fourth-order valence-corrected chi connectivity index (χ4v) is 3.49. The molecule has 4 rings (SSSR count). The first-order valence-corrected chi connectivity index (χ1v) is 10.4. The van der Waals surface area contributed by atoms with Crippen molar-refractivity contribution in [2.24, 2.45) is 0 Å². The largest absolute Gasteiger partial charge is 0.489 e. The van der Waals surface area contributed by atoms with Crippen LogP contribution in [0.1, 0.15) is 38.5 Å². The van der Waals surface area contributed by atoms with Gasteiger partial charge in [0.15, 0.2) is 0 Å². The van der Waals surface area contributed by atoms with Crippen LogP contribution in [-0.2, 0) is 19.7 Å². The number of hydrogen-bond acceptors (Lipinski definition) is 5. The number of aromatic nitrogens is 3. The molecule has 0 aliphatic rings. The zero-order chi connectivity index (χ0) is 22.5. The summed E-state index contributed by atoms with van der Waals surface area (Å²) in [7, 11) is 1.79. The van der Waals surface area contributed by atoms with Crippen molar-refractivity contribution >= 4 is 5.91 Å². The maximum Gasteiger partial charge on any atom is 0.254 e. The lowest BCUT2D eigenvalue weighted by atomic mass is 10.2. The van der Waals surface area contributed by atoms with Crippen LogP contribution in [0.15, 0.2) is 71.5 Å². The second-order valence-electron chi connectivity index (χ2n) is 7.81. The molecule has 2 heterocycles. The van der Waals surface area contributed by atoms with Crippen LogP contribution in [0, 0.1) is 13.8 Å². The molecule has 0 aliphatic carbocycles. The number of amides is 1. The Morgan fingerprint density at radius 3 is 2.66 bits per heavy atom. The van der Waals surface area contributed by atoms with Crippen LogP contribution in [0.4, 0.5) is 0 Å². The van der Waals surface area contributed by atoms with E-state index in [1.165, 1.54) is 5.56 Å². The Balaban J connectivity index is 1.37. The standard InChI is InChI=1S/C25H26N4O3/c1-18-24(19(2)32-27-18)17-31-23-11-7-10-22(12-23)25(30)28(3)14-21-13-26-29(16-21)15-20-8-5-4-6-9-20/h4-13,16H,14-15,17H2,1-3H3. The van der Waals surface area contributed by atoms with Crippen molar-refractivity contribution in [3.63, 3.8) is 0 Å². The summed E-state index contributed by atoms with van der Waals surface area (Å²) in [6, 6.07) is 17.4. The summed E-state index contributed by atoms with van der Waals surface area (Å²) < 4.78 is 12.9. The van der Waals surface area contributed by atoms with Crippen LogP contribution < -0.4 is 4.74 Å². The van der Waals surface area contributed by atoms with Crippen molar-refractivity contribution in [1.82, 2.24) is 19.8 Å². The van der Waals surface area contributed by atoms with E-state index in [1.807, 2.05) is 55.1 Å². The molecule has 164 valence electrons. The number of benzene rings is 2. The molecule has 0 spiro atoms. The second-order valence-corrected chi connectivity index (χ2v) is 7.81. The molecule has 0 bridgehead atoms. The predicted molar refractivity (Wildman–Crippen MR) is 120 cm³/mol. The molecule has 32 heavy (non-hydrogen) atoms. The van der Waals surface area contributed by atoms with Crippen molar-refractivity contribution in [3.8, 4) is 5.75 Å². The highest BCUT2D eigenvalue weighted by Gasteiger charge is 2.15. The third-order valence-corrected chi connectivity index (χ3v) is 5.29. The average Bonchev–Trinajstić information content (AvgIpc) is 3.38. The zero-order valence-corrected chi connectivity index (χ0v) is 18.5. The molecular formula is C25H26N4O3. The minimum atomic E-state index is -0.0800. The average molecular weight is 431 g/mol. The molecular weight excluding hydrogens is 404 g/mol. The minimum absolute atomic E-state index is 0.0800. The number of nitrogens with zero attached hydrogens (tertiary/aromatic N) is 4. The van der Waals surface area contributed by atoms with Crippen LogP contribution in [0.5, 0.6) is 5.75 Å². The van der Waals surface area contributed by atoms with Gasteiger partial charge in [0.2, 0.25) is 0 Å². The lowest BCUT2D eigenvalue weighted by molar-refractivity contribution is 0.0784. The lowest BCUT2D eigenvalue weighted by Crippen LogP contribution is -2.26. The van der Waals surface area contributed by atoms with E-state index >= 15 is 0 Å². The Labute approximate surface area is 187 Å². The van der Waals surface area contributed by atoms with Crippen LogP contribution in [0.2, 0.25) is 0 Å². The molecule has 1 amide bonds. The second kappa shape index (κ2) is 9.51. The van der Waals surface area contributed by atoms with Gasteiger partial charge in [-0.25, -0.2) is 0 Å². The fraction of sp³-hybridized carbons (Fsp3) is 0.240. The van der Waals surface area contributed by atoms with Crippen LogP contribution in [0.3, 0.4) is 0 Å². The van der Waals surface area contributed by atoms with Gasteiger partial charge in [-0.05, 0) is 37.6 Å². The molecule has 0 unspecified atom stereocenters. The molecule has 0 N–H and O–H groups in total. The van der Waals surface area contributed by atoms with E-state index in [4.69, 9.17) is 9.26 Å². The number of carbonyl (C=O) groups excluding carboxylic acids is 1. The number of aryl methyl sites for hydroxylation is 2. The van der Waals surface area contributed by atoms with E-state index in [0.717, 1.165) is 22.6 Å². The Morgan fingerprint density at radius 2 is 1.91 bits per heavy atom.